The maximum absolute atomic E-state index is 11.9. The zero-order valence-electron chi connectivity index (χ0n) is 10.7. The molecule has 1 amide bonds. The van der Waals surface area contributed by atoms with Crippen LogP contribution in [-0.4, -0.2) is 12.2 Å². The van der Waals surface area contributed by atoms with E-state index in [9.17, 15) is 9.59 Å². The van der Waals surface area contributed by atoms with Crippen LogP contribution in [0.25, 0.3) is 0 Å². The zero-order chi connectivity index (χ0) is 13.7. The van der Waals surface area contributed by atoms with E-state index in [-0.39, 0.29) is 5.91 Å². The predicted octanol–water partition coefficient (Wildman–Crippen LogP) is 3.30. The summed E-state index contributed by atoms with van der Waals surface area (Å²) in [5.41, 5.74) is 1.52. The highest BCUT2D eigenvalue weighted by molar-refractivity contribution is 7.16. The van der Waals surface area contributed by atoms with E-state index >= 15 is 0 Å². The van der Waals surface area contributed by atoms with Crippen LogP contribution in [0.4, 0.5) is 5.00 Å². The van der Waals surface area contributed by atoms with Crippen LogP contribution in [0.5, 0.6) is 0 Å². The second-order valence-corrected chi connectivity index (χ2v) is 5.32. The summed E-state index contributed by atoms with van der Waals surface area (Å²) < 4.78 is 0. The number of hydrogen-bond acceptors (Lipinski definition) is 3. The molecule has 1 N–H and O–H groups in total. The smallest absolute Gasteiger partial charge is 0.229 e. The molecule has 2 aromatic rings. The van der Waals surface area contributed by atoms with Gasteiger partial charge in [-0.25, -0.2) is 0 Å². The van der Waals surface area contributed by atoms with E-state index in [0.29, 0.717) is 17.0 Å². The fourth-order valence-electron chi connectivity index (χ4n) is 1.77. The summed E-state index contributed by atoms with van der Waals surface area (Å²) in [6.45, 7) is 2.02. The Balaban J connectivity index is 2.06. The van der Waals surface area contributed by atoms with E-state index in [1.807, 2.05) is 43.3 Å². The Morgan fingerprint density at radius 2 is 2.05 bits per heavy atom. The molecule has 0 spiro atoms. The van der Waals surface area contributed by atoms with Crippen LogP contribution in [0, 0.1) is 0 Å². The summed E-state index contributed by atoms with van der Waals surface area (Å²) in [6, 6.07) is 11.4. The van der Waals surface area contributed by atoms with Gasteiger partial charge in [0, 0.05) is 10.4 Å². The maximum Gasteiger partial charge on any atom is 0.229 e. The van der Waals surface area contributed by atoms with Gasteiger partial charge in [-0.15, -0.1) is 11.3 Å². The monoisotopic (exact) mass is 273 g/mol. The molecule has 1 aromatic carbocycles. The first kappa shape index (κ1) is 13.5. The van der Waals surface area contributed by atoms with Crippen LogP contribution < -0.4 is 5.32 Å². The van der Waals surface area contributed by atoms with Crippen LogP contribution in [0.1, 0.15) is 27.7 Å². The van der Waals surface area contributed by atoms with Crippen molar-refractivity contribution in [1.82, 2.24) is 0 Å². The Morgan fingerprint density at radius 1 is 1.32 bits per heavy atom. The van der Waals surface area contributed by atoms with Gasteiger partial charge in [0.1, 0.15) is 5.00 Å². The van der Waals surface area contributed by atoms with Crippen LogP contribution in [-0.2, 0) is 17.6 Å². The van der Waals surface area contributed by atoms with Crippen molar-refractivity contribution in [2.24, 2.45) is 0 Å². The lowest BCUT2D eigenvalue weighted by Gasteiger charge is -2.03. The molecule has 0 unspecified atom stereocenters. The number of nitrogens with one attached hydrogen (secondary N) is 1. The first-order chi connectivity index (χ1) is 9.22. The molecule has 0 aliphatic rings. The largest absolute Gasteiger partial charge is 0.317 e. The third-order valence-corrected chi connectivity index (χ3v) is 3.96. The van der Waals surface area contributed by atoms with E-state index in [0.717, 1.165) is 23.1 Å². The quantitative estimate of drug-likeness (QED) is 0.850. The van der Waals surface area contributed by atoms with Gasteiger partial charge < -0.3 is 5.32 Å². The molecular formula is C15H15NO2S. The lowest BCUT2D eigenvalue weighted by Crippen LogP contribution is -2.14. The Labute approximate surface area is 116 Å². The lowest BCUT2D eigenvalue weighted by molar-refractivity contribution is -0.115. The van der Waals surface area contributed by atoms with Crippen molar-refractivity contribution in [3.8, 4) is 0 Å². The fourth-order valence-corrected chi connectivity index (χ4v) is 2.75. The van der Waals surface area contributed by atoms with Gasteiger partial charge in [0.15, 0.2) is 6.29 Å². The molecule has 0 aliphatic carbocycles. The summed E-state index contributed by atoms with van der Waals surface area (Å²) >= 11 is 1.46. The van der Waals surface area contributed by atoms with E-state index in [1.54, 1.807) is 0 Å². The third-order valence-electron chi connectivity index (χ3n) is 2.75. The highest BCUT2D eigenvalue weighted by Gasteiger charge is 2.11. The van der Waals surface area contributed by atoms with Crippen molar-refractivity contribution < 1.29 is 9.59 Å². The molecule has 1 aromatic heterocycles. The first-order valence-electron chi connectivity index (χ1n) is 6.14. The Kier molecular flexibility index (Phi) is 4.47. The van der Waals surface area contributed by atoms with E-state index < -0.39 is 0 Å². The number of hydrogen-bond donors (Lipinski definition) is 1. The zero-order valence-corrected chi connectivity index (χ0v) is 11.5. The van der Waals surface area contributed by atoms with Gasteiger partial charge in [-0.05, 0) is 18.1 Å². The van der Waals surface area contributed by atoms with Crippen LogP contribution in [0.2, 0.25) is 0 Å². The molecule has 19 heavy (non-hydrogen) atoms. The second kappa shape index (κ2) is 6.29. The molecule has 2 rings (SSSR count). The Hall–Kier alpha value is -1.94. The summed E-state index contributed by atoms with van der Waals surface area (Å²) in [5.74, 6) is -0.0983. The van der Waals surface area contributed by atoms with Gasteiger partial charge in [-0.1, -0.05) is 37.3 Å². The number of thiophene rings is 1. The number of carbonyl (C=O) groups excluding carboxylic acids is 2. The molecule has 0 radical (unpaired) electrons. The van der Waals surface area contributed by atoms with E-state index in [1.165, 1.54) is 11.3 Å². The summed E-state index contributed by atoms with van der Waals surface area (Å²) in [7, 11) is 0. The highest BCUT2D eigenvalue weighted by atomic mass is 32.1. The number of aldehydes is 1. The molecule has 98 valence electrons. The van der Waals surface area contributed by atoms with Crippen molar-refractivity contribution in [1.29, 1.82) is 0 Å². The van der Waals surface area contributed by atoms with Crippen molar-refractivity contribution in [2.75, 3.05) is 5.32 Å². The molecule has 0 fully saturated rings. The van der Waals surface area contributed by atoms with Crippen LogP contribution in [0.15, 0.2) is 36.4 Å². The summed E-state index contributed by atoms with van der Waals surface area (Å²) in [4.78, 5) is 24.0. The van der Waals surface area contributed by atoms with Gasteiger partial charge in [-0.3, -0.25) is 9.59 Å². The molecule has 3 nitrogen and oxygen atoms in total. The number of aryl methyl sites for hydroxylation is 1. The maximum atomic E-state index is 11.9. The van der Waals surface area contributed by atoms with Gasteiger partial charge in [0.2, 0.25) is 5.91 Å². The normalized spacial score (nSPS) is 10.2. The molecule has 4 heteroatoms. The Morgan fingerprint density at radius 3 is 2.68 bits per heavy atom. The number of rotatable bonds is 5. The van der Waals surface area contributed by atoms with Gasteiger partial charge in [0.25, 0.3) is 0 Å². The topological polar surface area (TPSA) is 46.2 Å². The molecule has 0 saturated heterocycles. The van der Waals surface area contributed by atoms with Crippen LogP contribution >= 0.6 is 11.3 Å². The minimum absolute atomic E-state index is 0.0983. The molecule has 0 aliphatic heterocycles. The Bertz CT molecular complexity index is 575. The SMILES string of the molecule is CCc1cc(C=O)c(NC(=O)Cc2ccccc2)s1. The molecule has 0 saturated carbocycles. The van der Waals surface area contributed by atoms with E-state index in [2.05, 4.69) is 5.32 Å². The van der Waals surface area contributed by atoms with Gasteiger partial charge >= 0.3 is 0 Å². The number of benzene rings is 1. The third kappa shape index (κ3) is 3.51. The second-order valence-electron chi connectivity index (χ2n) is 4.18. The molecule has 0 bridgehead atoms. The summed E-state index contributed by atoms with van der Waals surface area (Å²) in [6.07, 6.45) is 1.96. The number of carbonyl (C=O) groups is 2. The number of amides is 1. The lowest BCUT2D eigenvalue weighted by atomic mass is 10.1. The van der Waals surface area contributed by atoms with Crippen molar-refractivity contribution in [2.45, 2.75) is 19.8 Å². The molecule has 1 heterocycles. The van der Waals surface area contributed by atoms with Crippen LogP contribution in [0.3, 0.4) is 0 Å². The summed E-state index contributed by atoms with van der Waals surface area (Å²) in [5, 5.41) is 3.46. The van der Waals surface area contributed by atoms with Crippen molar-refractivity contribution in [3.63, 3.8) is 0 Å². The van der Waals surface area contributed by atoms with Crippen molar-refractivity contribution >= 4 is 28.5 Å². The van der Waals surface area contributed by atoms with Gasteiger partial charge in [0.05, 0.1) is 6.42 Å². The highest BCUT2D eigenvalue weighted by Crippen LogP contribution is 2.27. The van der Waals surface area contributed by atoms with Crippen molar-refractivity contribution in [3.05, 3.63) is 52.4 Å². The molecular weight excluding hydrogens is 258 g/mol. The molecule has 0 atom stereocenters. The standard InChI is InChI=1S/C15H15NO2S/c1-2-13-9-12(10-17)15(19-13)16-14(18)8-11-6-4-3-5-7-11/h3-7,9-10H,2,8H2,1H3,(H,16,18). The van der Waals surface area contributed by atoms with Gasteiger partial charge in [-0.2, -0.15) is 0 Å². The minimum atomic E-state index is -0.0983. The average Bonchev–Trinajstić information content (AvgIpc) is 2.82. The predicted molar refractivity (Wildman–Crippen MR) is 77.9 cm³/mol. The fraction of sp³-hybridized carbons (Fsp3) is 0.200. The number of anilines is 1. The minimum Gasteiger partial charge on any atom is -0.317 e. The average molecular weight is 273 g/mol. The first-order valence-corrected chi connectivity index (χ1v) is 6.96. The van der Waals surface area contributed by atoms with E-state index in [4.69, 9.17) is 0 Å².